The SMILES string of the molecule is O=C(c1cc2cc(F)ccc2oc1=O)N(CC(F)(F)F)[C@H]1CCCOC1. The normalized spacial score (nSPS) is 18.1. The van der Waals surface area contributed by atoms with Crippen molar-refractivity contribution >= 4 is 16.9 Å². The zero-order valence-corrected chi connectivity index (χ0v) is 13.5. The molecule has 0 bridgehead atoms. The average Bonchev–Trinajstić information content (AvgIpc) is 2.59. The van der Waals surface area contributed by atoms with E-state index in [4.69, 9.17) is 9.15 Å². The second-order valence-corrected chi connectivity index (χ2v) is 6.05. The maximum Gasteiger partial charge on any atom is 0.406 e. The van der Waals surface area contributed by atoms with Crippen LogP contribution in [0.4, 0.5) is 17.6 Å². The van der Waals surface area contributed by atoms with Gasteiger partial charge in [-0.3, -0.25) is 4.79 Å². The Bertz CT molecular complexity index is 871. The van der Waals surface area contributed by atoms with Crippen molar-refractivity contribution in [1.82, 2.24) is 4.90 Å². The van der Waals surface area contributed by atoms with Gasteiger partial charge in [0.05, 0.1) is 12.6 Å². The van der Waals surface area contributed by atoms with Gasteiger partial charge in [0.1, 0.15) is 23.5 Å². The molecule has 140 valence electrons. The van der Waals surface area contributed by atoms with Crippen LogP contribution in [0.15, 0.2) is 33.5 Å². The number of ether oxygens (including phenoxy) is 1. The summed E-state index contributed by atoms with van der Waals surface area (Å²) in [6.45, 7) is -1.15. The minimum Gasteiger partial charge on any atom is -0.422 e. The number of halogens is 4. The molecule has 1 atom stereocenters. The molecule has 9 heteroatoms. The van der Waals surface area contributed by atoms with Crippen molar-refractivity contribution < 1.29 is 31.5 Å². The summed E-state index contributed by atoms with van der Waals surface area (Å²) in [5, 5.41) is 0.111. The molecule has 0 N–H and O–H groups in total. The fourth-order valence-electron chi connectivity index (χ4n) is 2.93. The van der Waals surface area contributed by atoms with Crippen LogP contribution in [0.2, 0.25) is 0 Å². The zero-order chi connectivity index (χ0) is 18.9. The second kappa shape index (κ2) is 7.06. The number of rotatable bonds is 3. The Balaban J connectivity index is 2.01. The smallest absolute Gasteiger partial charge is 0.406 e. The molecule has 1 aromatic heterocycles. The molecule has 1 aliphatic rings. The van der Waals surface area contributed by atoms with Gasteiger partial charge < -0.3 is 14.1 Å². The lowest BCUT2D eigenvalue weighted by molar-refractivity contribution is -0.148. The van der Waals surface area contributed by atoms with E-state index in [-0.39, 0.29) is 17.6 Å². The van der Waals surface area contributed by atoms with Gasteiger partial charge in [-0.2, -0.15) is 13.2 Å². The summed E-state index contributed by atoms with van der Waals surface area (Å²) in [5.41, 5.74) is -1.60. The predicted molar refractivity (Wildman–Crippen MR) is 83.4 cm³/mol. The fraction of sp³-hybridized carbons (Fsp3) is 0.412. The molecule has 1 fully saturated rings. The summed E-state index contributed by atoms with van der Waals surface area (Å²) in [6, 6.07) is 3.57. The van der Waals surface area contributed by atoms with Gasteiger partial charge in [-0.15, -0.1) is 0 Å². The highest BCUT2D eigenvalue weighted by Gasteiger charge is 2.38. The Morgan fingerprint density at radius 2 is 2.04 bits per heavy atom. The van der Waals surface area contributed by atoms with Crippen LogP contribution in [0.25, 0.3) is 11.0 Å². The van der Waals surface area contributed by atoms with Gasteiger partial charge in [-0.25, -0.2) is 9.18 Å². The number of nitrogens with zero attached hydrogens (tertiary/aromatic N) is 1. The molecule has 1 amide bonds. The van der Waals surface area contributed by atoms with Crippen molar-refractivity contribution in [1.29, 1.82) is 0 Å². The number of alkyl halides is 3. The highest BCUT2D eigenvalue weighted by Crippen LogP contribution is 2.24. The number of hydrogen-bond donors (Lipinski definition) is 0. The summed E-state index contributed by atoms with van der Waals surface area (Å²) >= 11 is 0. The van der Waals surface area contributed by atoms with Gasteiger partial charge in [-0.1, -0.05) is 0 Å². The number of fused-ring (bicyclic) bond motifs is 1. The van der Waals surface area contributed by atoms with E-state index in [2.05, 4.69) is 0 Å². The first-order chi connectivity index (χ1) is 12.2. The van der Waals surface area contributed by atoms with Crippen LogP contribution >= 0.6 is 0 Å². The van der Waals surface area contributed by atoms with E-state index in [1.807, 2.05) is 0 Å². The molecule has 1 saturated heterocycles. The largest absolute Gasteiger partial charge is 0.422 e. The van der Waals surface area contributed by atoms with E-state index in [1.54, 1.807) is 0 Å². The molecule has 2 aromatic rings. The Morgan fingerprint density at radius 3 is 2.69 bits per heavy atom. The first-order valence-corrected chi connectivity index (χ1v) is 7.93. The molecule has 26 heavy (non-hydrogen) atoms. The van der Waals surface area contributed by atoms with Gasteiger partial charge in [0.15, 0.2) is 0 Å². The first-order valence-electron chi connectivity index (χ1n) is 7.93. The zero-order valence-electron chi connectivity index (χ0n) is 13.5. The third kappa shape index (κ3) is 4.04. The van der Waals surface area contributed by atoms with Gasteiger partial charge >= 0.3 is 11.8 Å². The third-order valence-electron chi connectivity index (χ3n) is 4.11. The molecule has 1 aromatic carbocycles. The van der Waals surface area contributed by atoms with Crippen LogP contribution in [-0.2, 0) is 4.74 Å². The summed E-state index contributed by atoms with van der Waals surface area (Å²) in [7, 11) is 0. The van der Waals surface area contributed by atoms with Crippen LogP contribution in [0, 0.1) is 5.82 Å². The maximum atomic E-state index is 13.4. The summed E-state index contributed by atoms with van der Waals surface area (Å²) in [6.07, 6.45) is -3.81. The molecule has 1 aliphatic heterocycles. The number of carbonyl (C=O) groups is 1. The minimum atomic E-state index is -4.64. The number of hydrogen-bond acceptors (Lipinski definition) is 4. The Labute approximate surface area is 145 Å². The standard InChI is InChI=1S/C17H15F4NO4/c18-11-3-4-14-10(6-11)7-13(16(24)26-14)15(23)22(9-17(19,20)21)12-2-1-5-25-8-12/h3-4,6-7,12H,1-2,5,8-9H2/t12-/m0/s1. The molecule has 0 radical (unpaired) electrons. The van der Waals surface area contributed by atoms with Crippen LogP contribution in [0.3, 0.4) is 0 Å². The molecular weight excluding hydrogens is 358 g/mol. The molecule has 5 nitrogen and oxygen atoms in total. The van der Waals surface area contributed by atoms with Crippen molar-refractivity contribution in [2.75, 3.05) is 19.8 Å². The van der Waals surface area contributed by atoms with Crippen molar-refractivity contribution in [2.24, 2.45) is 0 Å². The Hall–Kier alpha value is -2.42. The molecule has 3 rings (SSSR count). The van der Waals surface area contributed by atoms with Crippen molar-refractivity contribution in [3.05, 3.63) is 46.1 Å². The number of benzene rings is 1. The number of carbonyl (C=O) groups excluding carboxylic acids is 1. The van der Waals surface area contributed by atoms with Crippen LogP contribution in [-0.4, -0.2) is 42.8 Å². The first kappa shape index (κ1) is 18.4. The molecular formula is C17H15F4NO4. The second-order valence-electron chi connectivity index (χ2n) is 6.05. The van der Waals surface area contributed by atoms with E-state index in [0.717, 1.165) is 18.2 Å². The molecule has 0 saturated carbocycles. The monoisotopic (exact) mass is 373 g/mol. The van der Waals surface area contributed by atoms with Gasteiger partial charge in [0, 0.05) is 12.0 Å². The predicted octanol–water partition coefficient (Wildman–Crippen LogP) is 3.12. The number of amides is 1. The molecule has 2 heterocycles. The maximum absolute atomic E-state index is 13.4. The molecule has 0 aliphatic carbocycles. The van der Waals surface area contributed by atoms with Crippen LogP contribution in [0.1, 0.15) is 23.2 Å². The van der Waals surface area contributed by atoms with Gasteiger partial charge in [0.2, 0.25) is 0 Å². The third-order valence-corrected chi connectivity index (χ3v) is 4.11. The topological polar surface area (TPSA) is 59.8 Å². The molecule has 0 unspecified atom stereocenters. The van der Waals surface area contributed by atoms with E-state index >= 15 is 0 Å². The lowest BCUT2D eigenvalue weighted by atomic mass is 10.1. The summed E-state index contributed by atoms with van der Waals surface area (Å²) in [4.78, 5) is 25.4. The summed E-state index contributed by atoms with van der Waals surface area (Å²) < 4.78 is 62.4. The van der Waals surface area contributed by atoms with Crippen LogP contribution in [0.5, 0.6) is 0 Å². The highest BCUT2D eigenvalue weighted by atomic mass is 19.4. The van der Waals surface area contributed by atoms with Gasteiger partial charge in [0.25, 0.3) is 5.91 Å². The minimum absolute atomic E-state index is 0.0383. The van der Waals surface area contributed by atoms with Crippen molar-refractivity contribution in [3.63, 3.8) is 0 Å². The van der Waals surface area contributed by atoms with E-state index in [1.165, 1.54) is 6.07 Å². The quantitative estimate of drug-likeness (QED) is 0.613. The van der Waals surface area contributed by atoms with Gasteiger partial charge in [-0.05, 0) is 37.1 Å². The highest BCUT2D eigenvalue weighted by molar-refractivity contribution is 5.96. The summed E-state index contributed by atoms with van der Waals surface area (Å²) in [5.74, 6) is -1.74. The van der Waals surface area contributed by atoms with E-state index in [0.29, 0.717) is 24.3 Å². The Kier molecular flexibility index (Phi) is 4.99. The van der Waals surface area contributed by atoms with E-state index in [9.17, 15) is 27.2 Å². The lowest BCUT2D eigenvalue weighted by Crippen LogP contribution is -2.49. The molecule has 0 spiro atoms. The van der Waals surface area contributed by atoms with Crippen LogP contribution < -0.4 is 5.63 Å². The fourth-order valence-corrected chi connectivity index (χ4v) is 2.93. The Morgan fingerprint density at radius 1 is 1.27 bits per heavy atom. The van der Waals surface area contributed by atoms with Crippen molar-refractivity contribution in [2.45, 2.75) is 25.1 Å². The lowest BCUT2D eigenvalue weighted by Gasteiger charge is -2.34. The van der Waals surface area contributed by atoms with Crippen molar-refractivity contribution in [3.8, 4) is 0 Å². The van der Waals surface area contributed by atoms with E-state index < -0.39 is 41.7 Å². The average molecular weight is 373 g/mol.